The third-order valence-electron chi connectivity index (χ3n) is 4.14. The van der Waals surface area contributed by atoms with Crippen LogP contribution in [0.3, 0.4) is 0 Å². The summed E-state index contributed by atoms with van der Waals surface area (Å²) in [5, 5.41) is 0. The molecule has 0 bridgehead atoms. The van der Waals surface area contributed by atoms with Crippen LogP contribution in [-0.4, -0.2) is 14.4 Å². The van der Waals surface area contributed by atoms with Crippen molar-refractivity contribution in [3.8, 4) is 11.3 Å². The Morgan fingerprint density at radius 3 is 2.52 bits per heavy atom. The van der Waals surface area contributed by atoms with Crippen molar-refractivity contribution in [1.29, 1.82) is 0 Å². The van der Waals surface area contributed by atoms with E-state index in [-0.39, 0.29) is 0 Å². The third-order valence-corrected chi connectivity index (χ3v) is 4.28. The highest BCUT2D eigenvalue weighted by Gasteiger charge is 2.16. The lowest BCUT2D eigenvalue weighted by Gasteiger charge is -2.07. The summed E-state index contributed by atoms with van der Waals surface area (Å²) in [5.74, 6) is 0.517. The predicted octanol–water partition coefficient (Wildman–Crippen LogP) is 4.26. The average molecular weight is 323 g/mol. The van der Waals surface area contributed by atoms with E-state index in [4.69, 9.17) is 22.9 Å². The van der Waals surface area contributed by atoms with Crippen molar-refractivity contribution in [1.82, 2.24) is 9.38 Å². The Hall–Kier alpha value is -2.20. The van der Waals surface area contributed by atoms with E-state index in [9.17, 15) is 0 Å². The summed E-state index contributed by atoms with van der Waals surface area (Å²) >= 11 is 5.14. The van der Waals surface area contributed by atoms with Gasteiger partial charge >= 0.3 is 0 Å². The van der Waals surface area contributed by atoms with Gasteiger partial charge in [0.15, 0.2) is 0 Å². The molecule has 3 aromatic rings. The zero-order valence-electron chi connectivity index (χ0n) is 13.7. The minimum Gasteiger partial charge on any atom is -0.393 e. The van der Waals surface area contributed by atoms with Crippen LogP contribution in [-0.2, 0) is 6.42 Å². The average Bonchev–Trinajstić information content (AvgIpc) is 2.87. The summed E-state index contributed by atoms with van der Waals surface area (Å²) in [6.45, 7) is 6.46. The van der Waals surface area contributed by atoms with Crippen molar-refractivity contribution in [2.24, 2.45) is 5.73 Å². The highest BCUT2D eigenvalue weighted by Crippen LogP contribution is 2.27. The van der Waals surface area contributed by atoms with E-state index in [1.54, 1.807) is 0 Å². The van der Waals surface area contributed by atoms with Crippen molar-refractivity contribution in [2.75, 3.05) is 0 Å². The van der Waals surface area contributed by atoms with Gasteiger partial charge in [0.1, 0.15) is 5.65 Å². The number of nitrogens with zero attached hydrogens (tertiary/aromatic N) is 2. The van der Waals surface area contributed by atoms with Gasteiger partial charge in [-0.15, -0.1) is 0 Å². The molecule has 2 aromatic heterocycles. The fourth-order valence-electron chi connectivity index (χ4n) is 2.84. The second-order valence-electron chi connectivity index (χ2n) is 6.21. The lowest BCUT2D eigenvalue weighted by molar-refractivity contribution is 0.867. The van der Waals surface area contributed by atoms with Crippen molar-refractivity contribution in [3.05, 3.63) is 59.4 Å². The topological polar surface area (TPSA) is 43.3 Å². The molecule has 0 aliphatic carbocycles. The zero-order chi connectivity index (χ0) is 16.6. The summed E-state index contributed by atoms with van der Waals surface area (Å²) in [4.78, 5) is 5.34. The number of hydrogen-bond acceptors (Lipinski definition) is 2. The Labute approximate surface area is 142 Å². The molecule has 0 saturated carbocycles. The van der Waals surface area contributed by atoms with Gasteiger partial charge in [0.05, 0.1) is 16.4 Å². The Kier molecular flexibility index (Phi) is 4.18. The van der Waals surface area contributed by atoms with Crippen LogP contribution in [0.4, 0.5) is 0 Å². The number of aromatic nitrogens is 2. The van der Waals surface area contributed by atoms with E-state index in [2.05, 4.69) is 55.5 Å². The summed E-state index contributed by atoms with van der Waals surface area (Å²) in [6, 6.07) is 12.7. The van der Waals surface area contributed by atoms with Crippen LogP contribution in [0.5, 0.6) is 0 Å². The number of imidazole rings is 1. The van der Waals surface area contributed by atoms with E-state index < -0.39 is 0 Å². The largest absolute Gasteiger partial charge is 0.393 e. The summed E-state index contributed by atoms with van der Waals surface area (Å²) in [7, 11) is 0. The van der Waals surface area contributed by atoms with Gasteiger partial charge in [0.2, 0.25) is 0 Å². The highest BCUT2D eigenvalue weighted by atomic mass is 32.1. The summed E-state index contributed by atoms with van der Waals surface area (Å²) < 4.78 is 2.10. The molecule has 0 fully saturated rings. The first-order chi connectivity index (χ1) is 11.0. The second kappa shape index (κ2) is 6.13. The van der Waals surface area contributed by atoms with Crippen molar-refractivity contribution in [3.63, 3.8) is 0 Å². The van der Waals surface area contributed by atoms with Crippen LogP contribution >= 0.6 is 12.2 Å². The lowest BCUT2D eigenvalue weighted by Crippen LogP contribution is -2.13. The molecule has 0 amide bonds. The Morgan fingerprint density at radius 2 is 1.91 bits per heavy atom. The molecule has 23 heavy (non-hydrogen) atoms. The number of nitrogens with two attached hydrogens (primary N) is 1. The maximum atomic E-state index is 5.81. The molecule has 1 aromatic carbocycles. The minimum absolute atomic E-state index is 0.480. The van der Waals surface area contributed by atoms with Crippen molar-refractivity contribution < 1.29 is 0 Å². The fraction of sp³-hybridized carbons (Fsp3) is 0.263. The highest BCUT2D eigenvalue weighted by molar-refractivity contribution is 7.80. The predicted molar refractivity (Wildman–Crippen MR) is 99.9 cm³/mol. The van der Waals surface area contributed by atoms with Crippen LogP contribution in [0.25, 0.3) is 16.9 Å². The molecule has 0 atom stereocenters. The SMILES string of the molecule is Cc1cccn2c(CC(N)=S)c(-c3ccc(C(C)C)cc3)nc12. The number of aryl methyl sites for hydroxylation is 1. The van der Waals surface area contributed by atoms with E-state index >= 15 is 0 Å². The van der Waals surface area contributed by atoms with Crippen LogP contribution in [0.2, 0.25) is 0 Å². The standard InChI is InChI=1S/C19H21N3S/c1-12(2)14-6-8-15(9-7-14)18-16(11-17(20)23)22-10-4-5-13(3)19(22)21-18/h4-10,12H,11H2,1-3H3,(H2,20,23). The third kappa shape index (κ3) is 2.99. The number of rotatable bonds is 4. The molecule has 3 nitrogen and oxygen atoms in total. The van der Waals surface area contributed by atoms with Gasteiger partial charge in [-0.2, -0.15) is 0 Å². The molecule has 2 heterocycles. The molecule has 2 N–H and O–H groups in total. The van der Waals surface area contributed by atoms with Gasteiger partial charge in [0, 0.05) is 18.2 Å². The maximum Gasteiger partial charge on any atom is 0.140 e. The first kappa shape index (κ1) is 15.7. The van der Waals surface area contributed by atoms with Gasteiger partial charge < -0.3 is 10.1 Å². The molecule has 0 aliphatic heterocycles. The Balaban J connectivity index is 2.19. The summed E-state index contributed by atoms with van der Waals surface area (Å²) in [6.07, 6.45) is 2.57. The number of hydrogen-bond donors (Lipinski definition) is 1. The monoisotopic (exact) mass is 323 g/mol. The quantitative estimate of drug-likeness (QED) is 0.730. The second-order valence-corrected chi connectivity index (χ2v) is 6.74. The van der Waals surface area contributed by atoms with Crippen molar-refractivity contribution >= 4 is 22.9 Å². The molecule has 0 radical (unpaired) electrons. The molecular formula is C19H21N3S. The van der Waals surface area contributed by atoms with Gasteiger partial charge in [-0.05, 0) is 30.0 Å². The van der Waals surface area contributed by atoms with Gasteiger partial charge in [-0.25, -0.2) is 4.98 Å². The smallest absolute Gasteiger partial charge is 0.140 e. The first-order valence-corrected chi connectivity index (χ1v) is 8.23. The number of thiocarbonyl (C=S) groups is 1. The first-order valence-electron chi connectivity index (χ1n) is 7.82. The molecule has 4 heteroatoms. The lowest BCUT2D eigenvalue weighted by atomic mass is 10.00. The van der Waals surface area contributed by atoms with Crippen LogP contribution in [0, 0.1) is 6.92 Å². The van der Waals surface area contributed by atoms with Gasteiger partial charge in [0.25, 0.3) is 0 Å². The molecule has 118 valence electrons. The number of fused-ring (bicyclic) bond motifs is 1. The number of pyridine rings is 1. The molecule has 3 rings (SSSR count). The summed E-state index contributed by atoms with van der Waals surface area (Å²) in [5.41, 5.74) is 12.3. The van der Waals surface area contributed by atoms with E-state index in [1.165, 1.54) is 5.56 Å². The zero-order valence-corrected chi connectivity index (χ0v) is 14.5. The molecular weight excluding hydrogens is 302 g/mol. The van der Waals surface area contributed by atoms with E-state index in [1.807, 2.05) is 12.3 Å². The van der Waals surface area contributed by atoms with Crippen molar-refractivity contribution in [2.45, 2.75) is 33.1 Å². The van der Waals surface area contributed by atoms with E-state index in [0.29, 0.717) is 17.3 Å². The maximum absolute atomic E-state index is 5.81. The normalized spacial score (nSPS) is 11.3. The van der Waals surface area contributed by atoms with Crippen LogP contribution in [0.15, 0.2) is 42.6 Å². The number of benzene rings is 1. The molecule has 0 saturated heterocycles. The Bertz CT molecular complexity index is 860. The minimum atomic E-state index is 0.480. The van der Waals surface area contributed by atoms with Gasteiger partial charge in [-0.1, -0.05) is 56.4 Å². The molecule has 0 spiro atoms. The Morgan fingerprint density at radius 1 is 1.22 bits per heavy atom. The molecule has 0 aliphatic rings. The van der Waals surface area contributed by atoms with E-state index in [0.717, 1.165) is 28.2 Å². The van der Waals surface area contributed by atoms with Crippen LogP contribution in [0.1, 0.15) is 36.6 Å². The fourth-order valence-corrected chi connectivity index (χ4v) is 2.98. The van der Waals surface area contributed by atoms with Crippen LogP contribution < -0.4 is 5.73 Å². The molecule has 0 unspecified atom stereocenters. The van der Waals surface area contributed by atoms with Gasteiger partial charge in [-0.3, -0.25) is 0 Å².